The third kappa shape index (κ3) is 3.83. The Kier molecular flexibility index (Phi) is 4.42. The second kappa shape index (κ2) is 6.27. The van der Waals surface area contributed by atoms with E-state index < -0.39 is 22.0 Å². The SMILES string of the molecule is NC(=O)Nc1ccc(S(=O)(=O)NC(=O)c2ccccc2)cc1. The lowest BCUT2D eigenvalue weighted by Crippen LogP contribution is -2.30. The lowest BCUT2D eigenvalue weighted by Gasteiger charge is -2.08. The molecule has 0 saturated carbocycles. The van der Waals surface area contributed by atoms with Gasteiger partial charge >= 0.3 is 6.03 Å². The van der Waals surface area contributed by atoms with Crippen molar-refractivity contribution in [3.8, 4) is 0 Å². The first-order chi connectivity index (χ1) is 10.4. The van der Waals surface area contributed by atoms with Crippen molar-refractivity contribution in [2.24, 2.45) is 5.73 Å². The molecule has 0 spiro atoms. The maximum atomic E-state index is 12.1. The van der Waals surface area contributed by atoms with Gasteiger partial charge in [-0.15, -0.1) is 0 Å². The topological polar surface area (TPSA) is 118 Å². The molecule has 0 aliphatic rings. The molecule has 8 heteroatoms. The van der Waals surface area contributed by atoms with Crippen molar-refractivity contribution in [3.05, 3.63) is 60.2 Å². The molecule has 22 heavy (non-hydrogen) atoms. The Morgan fingerprint density at radius 2 is 1.50 bits per heavy atom. The van der Waals surface area contributed by atoms with Crippen LogP contribution in [0.4, 0.5) is 10.5 Å². The largest absolute Gasteiger partial charge is 0.351 e. The minimum Gasteiger partial charge on any atom is -0.351 e. The number of rotatable bonds is 4. The quantitative estimate of drug-likeness (QED) is 0.787. The maximum absolute atomic E-state index is 12.1. The number of benzene rings is 2. The number of carbonyl (C=O) groups is 2. The molecular weight excluding hydrogens is 306 g/mol. The summed E-state index contributed by atoms with van der Waals surface area (Å²) in [6, 6.07) is 12.5. The fraction of sp³-hybridized carbons (Fsp3) is 0. The average molecular weight is 319 g/mol. The summed E-state index contributed by atoms with van der Waals surface area (Å²) in [7, 11) is -4.00. The molecule has 0 fully saturated rings. The Balaban J connectivity index is 2.16. The summed E-state index contributed by atoms with van der Waals surface area (Å²) < 4.78 is 26.2. The first kappa shape index (κ1) is 15.5. The maximum Gasteiger partial charge on any atom is 0.316 e. The summed E-state index contributed by atoms with van der Waals surface area (Å²) >= 11 is 0. The molecule has 0 unspecified atom stereocenters. The average Bonchev–Trinajstić information content (AvgIpc) is 2.47. The van der Waals surface area contributed by atoms with Crippen molar-refractivity contribution < 1.29 is 18.0 Å². The van der Waals surface area contributed by atoms with E-state index in [0.717, 1.165) is 0 Å². The molecule has 0 aliphatic carbocycles. The number of hydrogen-bond acceptors (Lipinski definition) is 4. The molecule has 0 aliphatic heterocycles. The molecule has 2 rings (SSSR count). The standard InChI is InChI=1S/C14H13N3O4S/c15-14(19)16-11-6-8-12(9-7-11)22(20,21)17-13(18)10-4-2-1-3-5-10/h1-9H,(H,17,18)(H3,15,16,19). The summed E-state index contributed by atoms with van der Waals surface area (Å²) in [6.07, 6.45) is 0. The van der Waals surface area contributed by atoms with E-state index in [9.17, 15) is 18.0 Å². The third-order valence-electron chi connectivity index (χ3n) is 2.70. The highest BCUT2D eigenvalue weighted by molar-refractivity contribution is 7.90. The van der Waals surface area contributed by atoms with Gasteiger partial charge in [0.1, 0.15) is 0 Å². The Morgan fingerprint density at radius 3 is 2.05 bits per heavy atom. The molecule has 0 aromatic heterocycles. The summed E-state index contributed by atoms with van der Waals surface area (Å²) in [6.45, 7) is 0. The fourth-order valence-corrected chi connectivity index (χ4v) is 2.66. The van der Waals surface area contributed by atoms with E-state index in [1.54, 1.807) is 18.2 Å². The number of urea groups is 1. The molecular formula is C14H13N3O4S. The van der Waals surface area contributed by atoms with Crippen LogP contribution in [0.5, 0.6) is 0 Å². The van der Waals surface area contributed by atoms with Crippen LogP contribution in [0, 0.1) is 0 Å². The summed E-state index contributed by atoms with van der Waals surface area (Å²) in [5.74, 6) is -0.722. The van der Waals surface area contributed by atoms with Crippen LogP contribution in [-0.2, 0) is 10.0 Å². The van der Waals surface area contributed by atoms with Gasteiger partial charge in [-0.05, 0) is 36.4 Å². The third-order valence-corrected chi connectivity index (χ3v) is 4.04. The van der Waals surface area contributed by atoms with Crippen molar-refractivity contribution >= 4 is 27.6 Å². The predicted octanol–water partition coefficient (Wildman–Crippen LogP) is 1.30. The van der Waals surface area contributed by atoms with Crippen molar-refractivity contribution in [1.29, 1.82) is 0 Å². The van der Waals surface area contributed by atoms with Crippen molar-refractivity contribution in [2.45, 2.75) is 4.90 Å². The van der Waals surface area contributed by atoms with E-state index in [4.69, 9.17) is 5.73 Å². The van der Waals surface area contributed by atoms with Crippen molar-refractivity contribution in [2.75, 3.05) is 5.32 Å². The van der Waals surface area contributed by atoms with Crippen LogP contribution >= 0.6 is 0 Å². The van der Waals surface area contributed by atoms with Crippen LogP contribution in [0.15, 0.2) is 59.5 Å². The van der Waals surface area contributed by atoms with Gasteiger partial charge < -0.3 is 11.1 Å². The number of primary amides is 1. The zero-order valence-electron chi connectivity index (χ0n) is 11.3. The van der Waals surface area contributed by atoms with Crippen molar-refractivity contribution in [3.63, 3.8) is 0 Å². The number of hydrogen-bond donors (Lipinski definition) is 3. The van der Waals surface area contributed by atoms with Crippen molar-refractivity contribution in [1.82, 2.24) is 4.72 Å². The minimum atomic E-state index is -4.00. The molecule has 4 N–H and O–H groups in total. The minimum absolute atomic E-state index is 0.105. The van der Waals surface area contributed by atoms with Crippen LogP contribution in [0.1, 0.15) is 10.4 Å². The second-order valence-electron chi connectivity index (χ2n) is 4.31. The predicted molar refractivity (Wildman–Crippen MR) is 80.7 cm³/mol. The summed E-state index contributed by atoms with van der Waals surface area (Å²) in [5, 5.41) is 2.31. The number of sulfonamides is 1. The highest BCUT2D eigenvalue weighted by atomic mass is 32.2. The van der Waals surface area contributed by atoms with E-state index in [0.29, 0.717) is 5.69 Å². The highest BCUT2D eigenvalue weighted by Gasteiger charge is 2.18. The Hall–Kier alpha value is -2.87. The van der Waals surface area contributed by atoms with Crippen LogP contribution in [0.25, 0.3) is 0 Å². The second-order valence-corrected chi connectivity index (χ2v) is 6.00. The zero-order valence-corrected chi connectivity index (χ0v) is 12.1. The number of carbonyl (C=O) groups excluding carboxylic acids is 2. The van der Waals surface area contributed by atoms with Gasteiger partial charge in [0.15, 0.2) is 0 Å². The smallest absolute Gasteiger partial charge is 0.316 e. The van der Waals surface area contributed by atoms with E-state index >= 15 is 0 Å². The normalized spacial score (nSPS) is 10.7. The Labute approximate surface area is 127 Å². The lowest BCUT2D eigenvalue weighted by molar-refractivity contribution is 0.0981. The molecule has 0 heterocycles. The number of anilines is 1. The van der Waals surface area contributed by atoms with Gasteiger partial charge in [-0.2, -0.15) is 0 Å². The molecule has 0 radical (unpaired) electrons. The first-order valence-corrected chi connectivity index (χ1v) is 7.65. The van der Waals surface area contributed by atoms with Crippen LogP contribution in [0.3, 0.4) is 0 Å². The molecule has 0 atom stereocenters. The van der Waals surface area contributed by atoms with E-state index in [2.05, 4.69) is 5.32 Å². The summed E-state index contributed by atoms with van der Waals surface area (Å²) in [5.41, 5.74) is 5.54. The van der Waals surface area contributed by atoms with Crippen LogP contribution in [-0.4, -0.2) is 20.4 Å². The molecule has 7 nitrogen and oxygen atoms in total. The van der Waals surface area contributed by atoms with Gasteiger partial charge in [0, 0.05) is 11.3 Å². The van der Waals surface area contributed by atoms with Crippen LogP contribution < -0.4 is 15.8 Å². The number of nitrogens with two attached hydrogens (primary N) is 1. The Morgan fingerprint density at radius 1 is 0.909 bits per heavy atom. The van der Waals surface area contributed by atoms with Gasteiger partial charge in [0.25, 0.3) is 15.9 Å². The molecule has 2 aromatic rings. The first-order valence-electron chi connectivity index (χ1n) is 6.17. The fourth-order valence-electron chi connectivity index (χ4n) is 1.69. The molecule has 3 amide bonds. The molecule has 0 bridgehead atoms. The number of nitrogens with one attached hydrogen (secondary N) is 2. The van der Waals surface area contributed by atoms with Gasteiger partial charge in [-0.25, -0.2) is 17.9 Å². The Bertz CT molecular complexity index is 787. The zero-order chi connectivity index (χ0) is 16.2. The number of amides is 3. The molecule has 2 aromatic carbocycles. The van der Waals surface area contributed by atoms with Gasteiger partial charge in [0.2, 0.25) is 0 Å². The molecule has 114 valence electrons. The van der Waals surface area contributed by atoms with Gasteiger partial charge in [-0.1, -0.05) is 18.2 Å². The van der Waals surface area contributed by atoms with E-state index in [-0.39, 0.29) is 10.5 Å². The van der Waals surface area contributed by atoms with E-state index in [1.807, 2.05) is 4.72 Å². The monoisotopic (exact) mass is 319 g/mol. The highest BCUT2D eigenvalue weighted by Crippen LogP contribution is 2.14. The van der Waals surface area contributed by atoms with E-state index in [1.165, 1.54) is 36.4 Å². The van der Waals surface area contributed by atoms with Gasteiger partial charge in [0.05, 0.1) is 4.90 Å². The summed E-state index contributed by atoms with van der Waals surface area (Å²) in [4.78, 5) is 22.5. The van der Waals surface area contributed by atoms with Gasteiger partial charge in [-0.3, -0.25) is 4.79 Å². The molecule has 0 saturated heterocycles. The lowest BCUT2D eigenvalue weighted by atomic mass is 10.2. The van der Waals surface area contributed by atoms with Crippen LogP contribution in [0.2, 0.25) is 0 Å².